The lowest BCUT2D eigenvalue weighted by atomic mass is 9.98. The van der Waals surface area contributed by atoms with E-state index in [2.05, 4.69) is 35.5 Å². The van der Waals surface area contributed by atoms with E-state index in [1.54, 1.807) is 30.0 Å². The van der Waals surface area contributed by atoms with Gasteiger partial charge < -0.3 is 19.0 Å². The maximum Gasteiger partial charge on any atom is 0.336 e. The van der Waals surface area contributed by atoms with E-state index in [4.69, 9.17) is 9.72 Å². The Balaban J connectivity index is 1.49. The zero-order chi connectivity index (χ0) is 28.2. The number of esters is 1. The van der Waals surface area contributed by atoms with Crippen LogP contribution in [-0.4, -0.2) is 42.8 Å². The quantitative estimate of drug-likeness (QED) is 0.215. The summed E-state index contributed by atoms with van der Waals surface area (Å²) in [4.78, 5) is 33.2. The Morgan fingerprint density at radius 1 is 1.00 bits per heavy atom. The fourth-order valence-electron chi connectivity index (χ4n) is 5.02. The summed E-state index contributed by atoms with van der Waals surface area (Å²) in [5.41, 5.74) is 7.72. The number of aromatic nitrogens is 4. The Labute approximate surface area is 232 Å². The van der Waals surface area contributed by atoms with Crippen molar-refractivity contribution in [1.82, 2.24) is 19.1 Å². The van der Waals surface area contributed by atoms with Crippen molar-refractivity contribution in [3.05, 3.63) is 95.7 Å². The van der Waals surface area contributed by atoms with Crippen LogP contribution in [0, 0.1) is 6.92 Å². The maximum absolute atomic E-state index is 11.9. The molecule has 204 valence electrons. The zero-order valence-electron chi connectivity index (χ0n) is 22.9. The minimum Gasteiger partial charge on any atom is -0.478 e. The molecule has 0 bridgehead atoms. The lowest BCUT2D eigenvalue weighted by molar-refractivity contribution is -0.143. The highest BCUT2D eigenvalue weighted by atomic mass is 16.5. The number of hydrogen-bond donors (Lipinski definition) is 1. The lowest BCUT2D eigenvalue weighted by Gasteiger charge is -2.12. The average molecular weight is 537 g/mol. The molecule has 3 aromatic carbocycles. The third kappa shape index (κ3) is 5.52. The van der Waals surface area contributed by atoms with Crippen LogP contribution in [0.3, 0.4) is 0 Å². The third-order valence-corrected chi connectivity index (χ3v) is 6.91. The third-order valence-electron chi connectivity index (χ3n) is 6.91. The first-order valence-corrected chi connectivity index (χ1v) is 13.5. The van der Waals surface area contributed by atoms with Gasteiger partial charge in [0.15, 0.2) is 0 Å². The molecule has 0 radical (unpaired) electrons. The Hall–Kier alpha value is -4.72. The number of fused-ring (bicyclic) bond motifs is 1. The van der Waals surface area contributed by atoms with Gasteiger partial charge in [-0.1, -0.05) is 49.4 Å². The second-order valence-electron chi connectivity index (χ2n) is 9.81. The van der Waals surface area contributed by atoms with Crippen molar-refractivity contribution in [2.45, 2.75) is 46.7 Å². The molecule has 5 rings (SSSR count). The molecular weight excluding hydrogens is 504 g/mol. The topological polar surface area (TPSA) is 99.2 Å². The summed E-state index contributed by atoms with van der Waals surface area (Å²) in [6.07, 6.45) is 5.33. The summed E-state index contributed by atoms with van der Waals surface area (Å²) in [6, 6.07) is 19.3. The van der Waals surface area contributed by atoms with Crippen molar-refractivity contribution >= 4 is 23.0 Å². The van der Waals surface area contributed by atoms with E-state index in [1.807, 2.05) is 42.6 Å². The SMILES string of the molecule is CCCc1nc2c(C)cc(-c3cn(CC(=O)OCC)cn3)cc2n1Cc1ccc(-c2ccccc2C(=O)O)cc1. The standard InChI is InChI=1S/C32H32N4O4/c1-4-8-29-34-31-21(3)15-24(27-18-35(20-33-27)19-30(37)40-5-2)16-28(31)36(29)17-22-11-13-23(14-12-22)25-9-6-7-10-26(25)32(38)39/h6-7,9-16,18,20H,4-5,8,17,19H2,1-3H3,(H,38,39). The summed E-state index contributed by atoms with van der Waals surface area (Å²) in [7, 11) is 0. The van der Waals surface area contributed by atoms with Crippen LogP contribution in [0.15, 0.2) is 73.2 Å². The number of imidazole rings is 2. The van der Waals surface area contributed by atoms with E-state index in [9.17, 15) is 14.7 Å². The first kappa shape index (κ1) is 26.9. The van der Waals surface area contributed by atoms with Crippen LogP contribution in [0.4, 0.5) is 0 Å². The summed E-state index contributed by atoms with van der Waals surface area (Å²) < 4.78 is 9.05. The van der Waals surface area contributed by atoms with Gasteiger partial charge in [-0.3, -0.25) is 4.79 Å². The molecule has 2 aromatic heterocycles. The highest BCUT2D eigenvalue weighted by Crippen LogP contribution is 2.29. The van der Waals surface area contributed by atoms with Gasteiger partial charge >= 0.3 is 11.9 Å². The lowest BCUT2D eigenvalue weighted by Crippen LogP contribution is -2.11. The van der Waals surface area contributed by atoms with E-state index < -0.39 is 5.97 Å². The Bertz CT molecular complexity index is 1680. The number of ether oxygens (including phenoxy) is 1. The van der Waals surface area contributed by atoms with Crippen LogP contribution in [0.5, 0.6) is 0 Å². The van der Waals surface area contributed by atoms with Gasteiger partial charge in [-0.15, -0.1) is 0 Å². The number of aryl methyl sites for hydroxylation is 2. The molecule has 0 fully saturated rings. The Kier molecular flexibility index (Phi) is 7.77. The number of carboxylic acids is 1. The first-order chi connectivity index (χ1) is 19.4. The molecule has 0 aliphatic carbocycles. The minimum absolute atomic E-state index is 0.119. The number of carbonyl (C=O) groups is 2. The van der Waals surface area contributed by atoms with Crippen molar-refractivity contribution in [3.8, 4) is 22.4 Å². The van der Waals surface area contributed by atoms with E-state index in [0.717, 1.165) is 57.6 Å². The minimum atomic E-state index is -0.939. The molecule has 1 N–H and O–H groups in total. The average Bonchev–Trinajstić information content (AvgIpc) is 3.54. The molecule has 2 heterocycles. The number of hydrogen-bond acceptors (Lipinski definition) is 5. The molecule has 0 amide bonds. The number of rotatable bonds is 10. The van der Waals surface area contributed by atoms with Gasteiger partial charge in [0.1, 0.15) is 12.4 Å². The predicted octanol–water partition coefficient (Wildman–Crippen LogP) is 6.14. The summed E-state index contributed by atoms with van der Waals surface area (Å²) >= 11 is 0. The molecule has 8 nitrogen and oxygen atoms in total. The molecule has 0 atom stereocenters. The van der Waals surface area contributed by atoms with Crippen molar-refractivity contribution in [2.24, 2.45) is 0 Å². The number of carboxylic acid groups (broad SMARTS) is 1. The number of benzene rings is 3. The fourth-order valence-corrected chi connectivity index (χ4v) is 5.02. The first-order valence-electron chi connectivity index (χ1n) is 13.5. The Morgan fingerprint density at radius 3 is 2.50 bits per heavy atom. The van der Waals surface area contributed by atoms with E-state index in [0.29, 0.717) is 18.7 Å². The maximum atomic E-state index is 11.9. The smallest absolute Gasteiger partial charge is 0.336 e. The van der Waals surface area contributed by atoms with Gasteiger partial charge in [-0.05, 0) is 60.7 Å². The summed E-state index contributed by atoms with van der Waals surface area (Å²) in [6.45, 7) is 7.09. The number of nitrogens with zero attached hydrogens (tertiary/aromatic N) is 4. The number of carbonyl (C=O) groups excluding carboxylic acids is 1. The second-order valence-corrected chi connectivity index (χ2v) is 9.81. The van der Waals surface area contributed by atoms with Gasteiger partial charge in [-0.25, -0.2) is 14.8 Å². The summed E-state index contributed by atoms with van der Waals surface area (Å²) in [5, 5.41) is 9.59. The van der Waals surface area contributed by atoms with Gasteiger partial charge in [0.05, 0.1) is 35.2 Å². The highest BCUT2D eigenvalue weighted by Gasteiger charge is 2.16. The molecule has 5 aromatic rings. The fraction of sp³-hybridized carbons (Fsp3) is 0.250. The van der Waals surface area contributed by atoms with Crippen molar-refractivity contribution in [3.63, 3.8) is 0 Å². The monoisotopic (exact) mass is 536 g/mol. The van der Waals surface area contributed by atoms with Crippen LogP contribution >= 0.6 is 0 Å². The van der Waals surface area contributed by atoms with Crippen LogP contribution in [0.25, 0.3) is 33.4 Å². The highest BCUT2D eigenvalue weighted by molar-refractivity contribution is 5.96. The largest absolute Gasteiger partial charge is 0.478 e. The van der Waals surface area contributed by atoms with E-state index >= 15 is 0 Å². The van der Waals surface area contributed by atoms with Gasteiger partial charge in [0.25, 0.3) is 0 Å². The van der Waals surface area contributed by atoms with Crippen LogP contribution in [0.2, 0.25) is 0 Å². The molecular formula is C32H32N4O4. The van der Waals surface area contributed by atoms with Crippen LogP contribution in [0.1, 0.15) is 47.6 Å². The Morgan fingerprint density at radius 2 is 1.77 bits per heavy atom. The second kappa shape index (κ2) is 11.6. The van der Waals surface area contributed by atoms with E-state index in [1.165, 1.54) is 0 Å². The molecule has 40 heavy (non-hydrogen) atoms. The molecule has 8 heteroatoms. The number of aromatic carboxylic acids is 1. The van der Waals surface area contributed by atoms with Crippen LogP contribution < -0.4 is 0 Å². The van der Waals surface area contributed by atoms with Crippen molar-refractivity contribution in [2.75, 3.05) is 6.61 Å². The molecule has 0 unspecified atom stereocenters. The zero-order valence-corrected chi connectivity index (χ0v) is 22.9. The van der Waals surface area contributed by atoms with Gasteiger partial charge in [-0.2, -0.15) is 0 Å². The van der Waals surface area contributed by atoms with E-state index in [-0.39, 0.29) is 18.1 Å². The molecule has 0 saturated heterocycles. The molecule has 0 aliphatic rings. The summed E-state index contributed by atoms with van der Waals surface area (Å²) in [5.74, 6) is -0.214. The van der Waals surface area contributed by atoms with Gasteiger partial charge in [0, 0.05) is 24.7 Å². The van der Waals surface area contributed by atoms with Crippen molar-refractivity contribution < 1.29 is 19.4 Å². The van der Waals surface area contributed by atoms with Gasteiger partial charge in [0.2, 0.25) is 0 Å². The van der Waals surface area contributed by atoms with Crippen LogP contribution in [-0.2, 0) is 29.0 Å². The normalized spacial score (nSPS) is 11.2. The van der Waals surface area contributed by atoms with Crippen molar-refractivity contribution in [1.29, 1.82) is 0 Å². The molecule has 0 saturated carbocycles. The molecule has 0 aliphatic heterocycles. The predicted molar refractivity (Wildman–Crippen MR) is 154 cm³/mol. The molecule has 0 spiro atoms.